The molecule has 0 radical (unpaired) electrons. The van der Waals surface area contributed by atoms with Gasteiger partial charge in [-0.3, -0.25) is 0 Å². The predicted octanol–water partition coefficient (Wildman–Crippen LogP) is 2.08. The third-order valence-electron chi connectivity index (χ3n) is 4.14. The highest BCUT2D eigenvalue weighted by molar-refractivity contribution is 4.62. The van der Waals surface area contributed by atoms with Gasteiger partial charge in [0.2, 0.25) is 0 Å². The third kappa shape index (κ3) is 20.1. The standard InChI is InChI=1S/C20H44N2O4/c1-3-5-7-9-13-25-17-19(23)15-21-11-12-22-16-20(24)18-26-14-10-8-6-4-2/h19-24H,3-18H2,1-2H3. The third-order valence-corrected chi connectivity index (χ3v) is 4.14. The number of hydrogen-bond donors (Lipinski definition) is 4. The maximum absolute atomic E-state index is 9.81. The van der Waals surface area contributed by atoms with Crippen molar-refractivity contribution >= 4 is 0 Å². The first-order valence-corrected chi connectivity index (χ1v) is 10.6. The van der Waals surface area contributed by atoms with Crippen LogP contribution in [-0.4, -0.2) is 75.0 Å². The van der Waals surface area contributed by atoms with Gasteiger partial charge in [-0.25, -0.2) is 0 Å². The molecule has 0 fully saturated rings. The quantitative estimate of drug-likeness (QED) is 0.230. The zero-order valence-corrected chi connectivity index (χ0v) is 17.2. The lowest BCUT2D eigenvalue weighted by atomic mass is 10.2. The minimum absolute atomic E-state index is 0.390. The van der Waals surface area contributed by atoms with Gasteiger partial charge in [-0.2, -0.15) is 0 Å². The van der Waals surface area contributed by atoms with Crippen LogP contribution >= 0.6 is 0 Å². The Balaban J connectivity index is 3.25. The molecular formula is C20H44N2O4. The van der Waals surface area contributed by atoms with E-state index >= 15 is 0 Å². The molecule has 6 nitrogen and oxygen atoms in total. The zero-order chi connectivity index (χ0) is 19.3. The van der Waals surface area contributed by atoms with Crippen LogP contribution in [0.5, 0.6) is 0 Å². The number of rotatable bonds is 21. The SMILES string of the molecule is CCCCCCOCC(O)CNCCNCC(O)COCCCCCC. The first kappa shape index (κ1) is 25.8. The van der Waals surface area contributed by atoms with Crippen LogP contribution in [0, 0.1) is 0 Å². The Morgan fingerprint density at radius 1 is 0.654 bits per heavy atom. The molecule has 0 amide bonds. The number of nitrogens with one attached hydrogen (secondary N) is 2. The summed E-state index contributed by atoms with van der Waals surface area (Å²) in [5.41, 5.74) is 0. The fourth-order valence-corrected chi connectivity index (χ4v) is 2.53. The summed E-state index contributed by atoms with van der Waals surface area (Å²) in [6.45, 7) is 9.18. The highest BCUT2D eigenvalue weighted by Crippen LogP contribution is 2.00. The normalized spacial score (nSPS) is 13.8. The minimum Gasteiger partial charge on any atom is -0.389 e. The largest absolute Gasteiger partial charge is 0.389 e. The molecule has 0 aliphatic heterocycles. The highest BCUT2D eigenvalue weighted by Gasteiger charge is 2.05. The van der Waals surface area contributed by atoms with Crippen LogP contribution in [0.25, 0.3) is 0 Å². The van der Waals surface area contributed by atoms with Crippen molar-refractivity contribution in [2.45, 2.75) is 77.4 Å². The summed E-state index contributed by atoms with van der Waals surface area (Å²) in [5, 5.41) is 26.0. The van der Waals surface area contributed by atoms with Crippen molar-refractivity contribution in [2.75, 3.05) is 52.6 Å². The van der Waals surface area contributed by atoms with Crippen LogP contribution in [0.2, 0.25) is 0 Å². The van der Waals surface area contributed by atoms with Gasteiger partial charge in [0.05, 0.1) is 25.4 Å². The van der Waals surface area contributed by atoms with Crippen LogP contribution in [0.1, 0.15) is 65.2 Å². The molecule has 26 heavy (non-hydrogen) atoms. The van der Waals surface area contributed by atoms with E-state index in [0.717, 1.165) is 39.1 Å². The van der Waals surface area contributed by atoms with Gasteiger partial charge in [0, 0.05) is 39.4 Å². The first-order chi connectivity index (χ1) is 12.7. The molecule has 0 heterocycles. The van der Waals surface area contributed by atoms with Crippen molar-refractivity contribution in [1.82, 2.24) is 10.6 Å². The first-order valence-electron chi connectivity index (χ1n) is 10.6. The summed E-state index contributed by atoms with van der Waals surface area (Å²) in [5.74, 6) is 0. The lowest BCUT2D eigenvalue weighted by Gasteiger charge is -2.14. The Morgan fingerprint density at radius 2 is 1.08 bits per heavy atom. The van der Waals surface area contributed by atoms with E-state index in [2.05, 4.69) is 24.5 Å². The molecule has 2 unspecified atom stereocenters. The van der Waals surface area contributed by atoms with Crippen LogP contribution in [0.4, 0.5) is 0 Å². The van der Waals surface area contributed by atoms with Gasteiger partial charge in [0.1, 0.15) is 0 Å². The van der Waals surface area contributed by atoms with Crippen LogP contribution in [0.3, 0.4) is 0 Å². The van der Waals surface area contributed by atoms with E-state index in [1.807, 2.05) is 0 Å². The van der Waals surface area contributed by atoms with Gasteiger partial charge in [0.15, 0.2) is 0 Å². The molecule has 6 heteroatoms. The number of unbranched alkanes of at least 4 members (excludes halogenated alkanes) is 6. The second-order valence-corrected chi connectivity index (χ2v) is 6.99. The molecule has 0 saturated carbocycles. The van der Waals surface area contributed by atoms with Gasteiger partial charge in [-0.15, -0.1) is 0 Å². The minimum atomic E-state index is -0.465. The molecule has 0 aromatic rings. The molecule has 0 aliphatic carbocycles. The maximum Gasteiger partial charge on any atom is 0.0897 e. The molecule has 0 aliphatic rings. The second kappa shape index (κ2) is 21.1. The van der Waals surface area contributed by atoms with Gasteiger partial charge >= 0.3 is 0 Å². The molecule has 2 atom stereocenters. The van der Waals surface area contributed by atoms with Crippen molar-refractivity contribution in [3.8, 4) is 0 Å². The zero-order valence-electron chi connectivity index (χ0n) is 17.2. The summed E-state index contributed by atoms with van der Waals surface area (Å²) in [7, 11) is 0. The van der Waals surface area contributed by atoms with Crippen LogP contribution in [0.15, 0.2) is 0 Å². The summed E-state index contributed by atoms with van der Waals surface area (Å²) in [6.07, 6.45) is 8.57. The monoisotopic (exact) mass is 376 g/mol. The van der Waals surface area contributed by atoms with E-state index < -0.39 is 12.2 Å². The van der Waals surface area contributed by atoms with E-state index in [-0.39, 0.29) is 0 Å². The van der Waals surface area contributed by atoms with Gasteiger partial charge < -0.3 is 30.3 Å². The molecule has 0 spiro atoms. The summed E-state index contributed by atoms with van der Waals surface area (Å²) < 4.78 is 10.9. The lowest BCUT2D eigenvalue weighted by molar-refractivity contribution is 0.0339. The number of ether oxygens (including phenoxy) is 2. The molecule has 0 rings (SSSR count). The van der Waals surface area contributed by atoms with E-state index in [0.29, 0.717) is 26.3 Å². The molecule has 0 aromatic carbocycles. The number of aliphatic hydroxyl groups is 2. The Bertz CT molecular complexity index is 244. The molecule has 0 bridgehead atoms. The summed E-state index contributed by atoms with van der Waals surface area (Å²) in [4.78, 5) is 0. The Labute approximate surface area is 161 Å². The topological polar surface area (TPSA) is 83.0 Å². The van der Waals surface area contributed by atoms with Crippen molar-refractivity contribution in [2.24, 2.45) is 0 Å². The van der Waals surface area contributed by atoms with Gasteiger partial charge in [0.25, 0.3) is 0 Å². The molecule has 158 valence electrons. The van der Waals surface area contributed by atoms with Crippen LogP contribution < -0.4 is 10.6 Å². The van der Waals surface area contributed by atoms with Crippen molar-refractivity contribution in [1.29, 1.82) is 0 Å². The fourth-order valence-electron chi connectivity index (χ4n) is 2.53. The number of hydrogen-bond acceptors (Lipinski definition) is 6. The van der Waals surface area contributed by atoms with E-state index in [4.69, 9.17) is 9.47 Å². The maximum atomic E-state index is 9.81. The van der Waals surface area contributed by atoms with Crippen molar-refractivity contribution in [3.05, 3.63) is 0 Å². The average Bonchev–Trinajstić information content (AvgIpc) is 2.63. The highest BCUT2D eigenvalue weighted by atomic mass is 16.5. The Hall–Kier alpha value is -0.240. The Morgan fingerprint density at radius 3 is 1.46 bits per heavy atom. The predicted molar refractivity (Wildman–Crippen MR) is 108 cm³/mol. The van der Waals surface area contributed by atoms with Crippen LogP contribution in [-0.2, 0) is 9.47 Å². The average molecular weight is 377 g/mol. The molecule has 0 saturated heterocycles. The smallest absolute Gasteiger partial charge is 0.0897 e. The molecular weight excluding hydrogens is 332 g/mol. The summed E-state index contributed by atoms with van der Waals surface area (Å²) >= 11 is 0. The van der Waals surface area contributed by atoms with Gasteiger partial charge in [-0.05, 0) is 12.8 Å². The second-order valence-electron chi connectivity index (χ2n) is 6.99. The molecule has 4 N–H and O–H groups in total. The fraction of sp³-hybridized carbons (Fsp3) is 1.00. The van der Waals surface area contributed by atoms with E-state index in [1.165, 1.54) is 38.5 Å². The lowest BCUT2D eigenvalue weighted by Crippen LogP contribution is -2.37. The van der Waals surface area contributed by atoms with E-state index in [1.54, 1.807) is 0 Å². The summed E-state index contributed by atoms with van der Waals surface area (Å²) in [6, 6.07) is 0. The Kier molecular flexibility index (Phi) is 20.9. The van der Waals surface area contributed by atoms with E-state index in [9.17, 15) is 10.2 Å². The van der Waals surface area contributed by atoms with Crippen molar-refractivity contribution in [3.63, 3.8) is 0 Å². The van der Waals surface area contributed by atoms with Crippen molar-refractivity contribution < 1.29 is 19.7 Å². The molecule has 0 aromatic heterocycles. The number of aliphatic hydroxyl groups excluding tert-OH is 2. The van der Waals surface area contributed by atoms with Gasteiger partial charge in [-0.1, -0.05) is 52.4 Å².